The number of aryl methyl sites for hydroxylation is 1. The fourth-order valence-corrected chi connectivity index (χ4v) is 2.41. The average molecular weight is 301 g/mol. The highest BCUT2D eigenvalue weighted by Gasteiger charge is 2.19. The Morgan fingerprint density at radius 1 is 1.59 bits per heavy atom. The number of nitrogens with one attached hydrogen (secondary N) is 1. The maximum atomic E-state index is 10.9. The number of anilines is 1. The Morgan fingerprint density at radius 3 is 2.94 bits per heavy atom. The Bertz CT molecular complexity index is 445. The monoisotopic (exact) mass is 300 g/mol. The number of nitro groups is 1. The van der Waals surface area contributed by atoms with Crippen molar-refractivity contribution >= 4 is 27.3 Å². The average Bonchev–Trinajstić information content (AvgIpc) is 2.74. The van der Waals surface area contributed by atoms with Gasteiger partial charge in [-0.2, -0.15) is 0 Å². The maximum Gasteiger partial charge on any atom is 0.274 e. The van der Waals surface area contributed by atoms with Crippen LogP contribution in [0.1, 0.15) is 12.0 Å². The van der Waals surface area contributed by atoms with Crippen LogP contribution in [0.2, 0.25) is 0 Å². The van der Waals surface area contributed by atoms with E-state index < -0.39 is 0 Å². The van der Waals surface area contributed by atoms with E-state index in [9.17, 15) is 10.1 Å². The summed E-state index contributed by atoms with van der Waals surface area (Å²) in [6.07, 6.45) is 0.925. The van der Waals surface area contributed by atoms with Crippen molar-refractivity contribution in [1.82, 2.24) is 0 Å². The van der Waals surface area contributed by atoms with Gasteiger partial charge in [0.25, 0.3) is 5.69 Å². The topological polar surface area (TPSA) is 64.4 Å². The van der Waals surface area contributed by atoms with E-state index in [1.807, 2.05) is 0 Å². The molecule has 1 aliphatic rings. The number of benzene rings is 1. The maximum absolute atomic E-state index is 10.9. The summed E-state index contributed by atoms with van der Waals surface area (Å²) in [6, 6.07) is 3.56. The summed E-state index contributed by atoms with van der Waals surface area (Å²) in [7, 11) is 0. The fourth-order valence-electron chi connectivity index (χ4n) is 1.84. The molecule has 92 valence electrons. The van der Waals surface area contributed by atoms with Crippen LogP contribution in [0, 0.1) is 17.0 Å². The van der Waals surface area contributed by atoms with Gasteiger partial charge < -0.3 is 10.1 Å². The minimum Gasteiger partial charge on any atom is -0.379 e. The summed E-state index contributed by atoms with van der Waals surface area (Å²) < 4.78 is 6.10. The predicted molar refractivity (Wildman–Crippen MR) is 68.4 cm³/mol. The molecule has 0 spiro atoms. The van der Waals surface area contributed by atoms with Crippen LogP contribution in [-0.2, 0) is 4.74 Å². The number of hydrogen-bond donors (Lipinski definition) is 1. The second-order valence-corrected chi connectivity index (χ2v) is 4.93. The van der Waals surface area contributed by atoms with Gasteiger partial charge in [-0.25, -0.2) is 0 Å². The molecular formula is C11H13BrN2O3. The molecule has 1 heterocycles. The van der Waals surface area contributed by atoms with Crippen molar-refractivity contribution in [3.8, 4) is 0 Å². The highest BCUT2D eigenvalue weighted by atomic mass is 79.9. The highest BCUT2D eigenvalue weighted by molar-refractivity contribution is 9.10. The molecule has 1 fully saturated rings. The lowest BCUT2D eigenvalue weighted by Gasteiger charge is -2.14. The first-order valence-corrected chi connectivity index (χ1v) is 6.16. The zero-order valence-electron chi connectivity index (χ0n) is 9.40. The molecule has 5 nitrogen and oxygen atoms in total. The quantitative estimate of drug-likeness (QED) is 0.688. The Balaban J connectivity index is 2.26. The van der Waals surface area contributed by atoms with E-state index in [2.05, 4.69) is 21.2 Å². The molecule has 1 saturated heterocycles. The highest BCUT2D eigenvalue weighted by Crippen LogP contribution is 2.31. The van der Waals surface area contributed by atoms with Crippen molar-refractivity contribution in [3.63, 3.8) is 0 Å². The summed E-state index contributed by atoms with van der Waals surface area (Å²) in [5, 5.41) is 14.1. The fraction of sp³-hybridized carbons (Fsp3) is 0.455. The Kier molecular flexibility index (Phi) is 3.63. The second kappa shape index (κ2) is 5.01. The third kappa shape index (κ3) is 2.76. The van der Waals surface area contributed by atoms with Gasteiger partial charge in [-0.1, -0.05) is 0 Å². The molecule has 0 radical (unpaired) electrons. The van der Waals surface area contributed by atoms with E-state index >= 15 is 0 Å². The molecule has 1 aromatic carbocycles. The number of ether oxygens (including phenoxy) is 1. The largest absolute Gasteiger partial charge is 0.379 e. The number of nitrogens with zero attached hydrogens (tertiary/aromatic N) is 1. The molecule has 0 aromatic heterocycles. The molecular weight excluding hydrogens is 288 g/mol. The first-order valence-electron chi connectivity index (χ1n) is 5.36. The van der Waals surface area contributed by atoms with Crippen LogP contribution in [0.5, 0.6) is 0 Å². The van der Waals surface area contributed by atoms with Crippen LogP contribution < -0.4 is 5.32 Å². The van der Waals surface area contributed by atoms with Gasteiger partial charge in [-0.15, -0.1) is 0 Å². The molecule has 0 saturated carbocycles. The summed E-state index contributed by atoms with van der Waals surface area (Å²) in [6.45, 7) is 3.11. The third-order valence-electron chi connectivity index (χ3n) is 2.77. The van der Waals surface area contributed by atoms with Crippen LogP contribution in [-0.4, -0.2) is 24.2 Å². The van der Waals surface area contributed by atoms with Crippen LogP contribution in [0.4, 0.5) is 11.4 Å². The van der Waals surface area contributed by atoms with Crippen molar-refractivity contribution in [2.75, 3.05) is 18.5 Å². The van der Waals surface area contributed by atoms with Crippen LogP contribution in [0.25, 0.3) is 0 Å². The third-order valence-corrected chi connectivity index (χ3v) is 3.43. The molecule has 6 heteroatoms. The Hall–Kier alpha value is -1.14. The number of rotatable bonds is 3. The lowest BCUT2D eigenvalue weighted by atomic mass is 10.1. The zero-order valence-corrected chi connectivity index (χ0v) is 11.0. The standard InChI is InChI=1S/C11H13BrN2O3/c1-7-4-9(12)10(5-11(7)14(15)16)13-8-2-3-17-6-8/h4-5,8,13H,2-3,6H2,1H3. The first kappa shape index (κ1) is 12.3. The van der Waals surface area contributed by atoms with Gasteiger partial charge >= 0.3 is 0 Å². The SMILES string of the molecule is Cc1cc(Br)c(NC2CCOC2)cc1[N+](=O)[O-]. The van der Waals surface area contributed by atoms with E-state index in [-0.39, 0.29) is 16.7 Å². The smallest absolute Gasteiger partial charge is 0.274 e. The molecule has 17 heavy (non-hydrogen) atoms. The molecule has 1 atom stereocenters. The normalized spacial score (nSPS) is 19.3. The Morgan fingerprint density at radius 2 is 2.35 bits per heavy atom. The van der Waals surface area contributed by atoms with Gasteiger partial charge in [-0.05, 0) is 35.3 Å². The summed E-state index contributed by atoms with van der Waals surface area (Å²) in [5.41, 5.74) is 1.53. The minimum atomic E-state index is -0.363. The van der Waals surface area contributed by atoms with Gasteiger partial charge in [-0.3, -0.25) is 10.1 Å². The van der Waals surface area contributed by atoms with E-state index in [0.717, 1.165) is 23.2 Å². The minimum absolute atomic E-state index is 0.134. The van der Waals surface area contributed by atoms with Crippen LogP contribution in [0.15, 0.2) is 16.6 Å². The Labute approximate surface area is 107 Å². The molecule has 2 rings (SSSR count). The van der Waals surface area contributed by atoms with Crippen molar-refractivity contribution < 1.29 is 9.66 Å². The number of nitro benzene ring substituents is 1. The second-order valence-electron chi connectivity index (χ2n) is 4.08. The molecule has 1 unspecified atom stereocenters. The first-order chi connectivity index (χ1) is 8.08. The lowest BCUT2D eigenvalue weighted by molar-refractivity contribution is -0.385. The summed E-state index contributed by atoms with van der Waals surface area (Å²) >= 11 is 3.41. The van der Waals surface area contributed by atoms with Gasteiger partial charge in [0.05, 0.1) is 23.3 Å². The van der Waals surface area contributed by atoms with Crippen molar-refractivity contribution in [1.29, 1.82) is 0 Å². The molecule has 1 aromatic rings. The van der Waals surface area contributed by atoms with Gasteiger partial charge in [0.2, 0.25) is 0 Å². The van der Waals surface area contributed by atoms with E-state index in [1.54, 1.807) is 19.1 Å². The van der Waals surface area contributed by atoms with Gasteiger partial charge in [0, 0.05) is 22.7 Å². The predicted octanol–water partition coefficient (Wildman–Crippen LogP) is 2.87. The number of halogens is 1. The molecule has 1 aliphatic heterocycles. The van der Waals surface area contributed by atoms with Crippen molar-refractivity contribution in [3.05, 3.63) is 32.3 Å². The van der Waals surface area contributed by atoms with Crippen molar-refractivity contribution in [2.45, 2.75) is 19.4 Å². The van der Waals surface area contributed by atoms with Crippen LogP contribution >= 0.6 is 15.9 Å². The molecule has 1 N–H and O–H groups in total. The zero-order chi connectivity index (χ0) is 12.4. The van der Waals surface area contributed by atoms with E-state index in [4.69, 9.17) is 4.74 Å². The molecule has 0 amide bonds. The van der Waals surface area contributed by atoms with Gasteiger partial charge in [0.1, 0.15) is 0 Å². The lowest BCUT2D eigenvalue weighted by Crippen LogP contribution is -2.19. The van der Waals surface area contributed by atoms with Gasteiger partial charge in [0.15, 0.2) is 0 Å². The van der Waals surface area contributed by atoms with Crippen LogP contribution in [0.3, 0.4) is 0 Å². The summed E-state index contributed by atoms with van der Waals surface area (Å²) in [5.74, 6) is 0. The molecule has 0 aliphatic carbocycles. The molecule has 0 bridgehead atoms. The van der Waals surface area contributed by atoms with E-state index in [1.165, 1.54) is 0 Å². The summed E-state index contributed by atoms with van der Waals surface area (Å²) in [4.78, 5) is 10.5. The number of hydrogen-bond acceptors (Lipinski definition) is 4. The van der Waals surface area contributed by atoms with Crippen molar-refractivity contribution in [2.24, 2.45) is 0 Å². The van der Waals surface area contributed by atoms with E-state index in [0.29, 0.717) is 12.2 Å².